The molecule has 1 N–H and O–H groups in total. The van der Waals surface area contributed by atoms with Gasteiger partial charge in [0, 0.05) is 17.8 Å². The lowest BCUT2D eigenvalue weighted by atomic mass is 9.64. The summed E-state index contributed by atoms with van der Waals surface area (Å²) < 4.78 is 27.8. The molecule has 0 aromatic heterocycles. The van der Waals surface area contributed by atoms with Crippen LogP contribution in [-0.2, 0) is 14.6 Å². The van der Waals surface area contributed by atoms with E-state index in [2.05, 4.69) is 19.2 Å². The van der Waals surface area contributed by atoms with E-state index in [1.54, 1.807) is 0 Å². The predicted molar refractivity (Wildman–Crippen MR) is 67.8 cm³/mol. The molecular weight excluding hydrogens is 238 g/mol. The normalized spacial score (nSPS) is 38.5. The molecule has 17 heavy (non-hydrogen) atoms. The van der Waals surface area contributed by atoms with E-state index >= 15 is 0 Å². The molecule has 2 aliphatic heterocycles. The van der Waals surface area contributed by atoms with Crippen LogP contribution in [0.3, 0.4) is 0 Å². The van der Waals surface area contributed by atoms with Gasteiger partial charge in [0.1, 0.15) is 9.84 Å². The lowest BCUT2D eigenvalue weighted by Gasteiger charge is -2.58. The highest BCUT2D eigenvalue weighted by Gasteiger charge is 2.52. The molecule has 2 bridgehead atoms. The summed E-state index contributed by atoms with van der Waals surface area (Å²) in [5.74, 6) is 0.864. The minimum absolute atomic E-state index is 0.100. The minimum atomic E-state index is -2.91. The molecule has 0 radical (unpaired) electrons. The molecule has 2 saturated heterocycles. The fourth-order valence-electron chi connectivity index (χ4n) is 3.29. The van der Waals surface area contributed by atoms with Crippen molar-refractivity contribution in [2.24, 2.45) is 5.92 Å². The first-order valence-corrected chi connectivity index (χ1v) is 8.44. The molecule has 3 unspecified atom stereocenters. The van der Waals surface area contributed by atoms with E-state index in [4.69, 9.17) is 4.74 Å². The molecule has 3 rings (SSSR count). The second-order valence-corrected chi connectivity index (χ2v) is 8.15. The van der Waals surface area contributed by atoms with E-state index in [0.717, 1.165) is 12.3 Å². The van der Waals surface area contributed by atoms with Crippen LogP contribution < -0.4 is 5.32 Å². The first-order valence-electron chi connectivity index (χ1n) is 6.38. The minimum Gasteiger partial charge on any atom is -0.376 e. The maximum Gasteiger partial charge on any atom is 0.149 e. The van der Waals surface area contributed by atoms with Crippen molar-refractivity contribution in [3.63, 3.8) is 0 Å². The first-order chi connectivity index (χ1) is 7.81. The molecule has 1 saturated carbocycles. The summed E-state index contributed by atoms with van der Waals surface area (Å²) in [6, 6.07) is 0.653. The van der Waals surface area contributed by atoms with Crippen molar-refractivity contribution in [2.75, 3.05) is 18.6 Å². The van der Waals surface area contributed by atoms with Crippen LogP contribution in [0.15, 0.2) is 0 Å². The van der Waals surface area contributed by atoms with Crippen molar-refractivity contribution in [1.29, 1.82) is 0 Å². The quantitative estimate of drug-likeness (QED) is 0.801. The summed E-state index contributed by atoms with van der Waals surface area (Å²) in [5, 5.41) is 3.60. The van der Waals surface area contributed by atoms with E-state index < -0.39 is 9.84 Å². The Labute approximate surface area is 104 Å². The van der Waals surface area contributed by atoms with E-state index in [1.165, 1.54) is 19.1 Å². The van der Waals surface area contributed by atoms with Gasteiger partial charge < -0.3 is 10.1 Å². The van der Waals surface area contributed by atoms with Gasteiger partial charge in [0.2, 0.25) is 0 Å². The second kappa shape index (κ2) is 4.52. The lowest BCUT2D eigenvalue weighted by molar-refractivity contribution is -0.0825. The predicted octanol–water partition coefficient (Wildman–Crippen LogP) is 0.967. The fraction of sp³-hybridized carbons (Fsp3) is 1.00. The zero-order valence-corrected chi connectivity index (χ0v) is 11.7. The average Bonchev–Trinajstić information content (AvgIpc) is 2.12. The largest absolute Gasteiger partial charge is 0.376 e. The number of fused-ring (bicyclic) bond motifs is 2. The van der Waals surface area contributed by atoms with Crippen LogP contribution in [0.2, 0.25) is 0 Å². The van der Waals surface area contributed by atoms with E-state index in [1.807, 2.05) is 0 Å². The number of hydrogen-bond donors (Lipinski definition) is 1. The maximum atomic E-state index is 11.0. The average molecular weight is 261 g/mol. The Hall–Kier alpha value is -0.130. The molecule has 2 heterocycles. The van der Waals surface area contributed by atoms with Crippen LogP contribution in [0.4, 0.5) is 0 Å². The second-order valence-electron chi connectivity index (χ2n) is 5.89. The summed E-state index contributed by atoms with van der Waals surface area (Å²) in [5.41, 5.74) is 0.111. The zero-order valence-electron chi connectivity index (χ0n) is 10.9. The molecule has 0 spiro atoms. The Morgan fingerprint density at radius 3 is 2.65 bits per heavy atom. The van der Waals surface area contributed by atoms with Crippen molar-refractivity contribution < 1.29 is 13.2 Å². The van der Waals surface area contributed by atoms with Crippen molar-refractivity contribution >= 4 is 9.84 Å². The van der Waals surface area contributed by atoms with Gasteiger partial charge in [0.05, 0.1) is 18.5 Å². The third kappa shape index (κ3) is 3.01. The third-order valence-corrected chi connectivity index (χ3v) is 5.01. The lowest BCUT2D eigenvalue weighted by Crippen LogP contribution is -2.72. The molecule has 1 aliphatic carbocycles. The molecule has 0 aromatic rings. The summed E-state index contributed by atoms with van der Waals surface area (Å²) in [6.45, 7) is 4.65. The van der Waals surface area contributed by atoms with Crippen molar-refractivity contribution in [3.8, 4) is 0 Å². The molecule has 0 amide bonds. The van der Waals surface area contributed by atoms with Crippen LogP contribution in [0.25, 0.3) is 0 Å². The van der Waals surface area contributed by atoms with E-state index in [-0.39, 0.29) is 17.4 Å². The fourth-order valence-corrected chi connectivity index (χ4v) is 3.68. The van der Waals surface area contributed by atoms with Gasteiger partial charge in [-0.3, -0.25) is 0 Å². The highest BCUT2D eigenvalue weighted by atomic mass is 32.2. The highest BCUT2D eigenvalue weighted by molar-refractivity contribution is 7.90. The topological polar surface area (TPSA) is 55.4 Å². The van der Waals surface area contributed by atoms with Crippen LogP contribution in [0.1, 0.15) is 33.1 Å². The Kier molecular flexibility index (Phi) is 3.54. The van der Waals surface area contributed by atoms with E-state index in [9.17, 15) is 8.42 Å². The van der Waals surface area contributed by atoms with Gasteiger partial charge in [-0.2, -0.15) is 0 Å². The number of piperidine rings is 1. The maximum absolute atomic E-state index is 11.0. The molecule has 0 aromatic carbocycles. The third-order valence-electron chi connectivity index (χ3n) is 4.10. The number of rotatable bonds is 5. The van der Waals surface area contributed by atoms with Crippen LogP contribution >= 0.6 is 0 Å². The van der Waals surface area contributed by atoms with Crippen LogP contribution in [0.5, 0.6) is 0 Å². The Balaban J connectivity index is 1.82. The molecule has 3 aliphatic rings. The zero-order chi connectivity index (χ0) is 12.7. The summed E-state index contributed by atoms with van der Waals surface area (Å²) in [4.78, 5) is 0. The smallest absolute Gasteiger partial charge is 0.149 e. The van der Waals surface area contributed by atoms with Gasteiger partial charge in [-0.05, 0) is 32.1 Å². The molecular formula is C12H23NO3S. The number of hydrogen-bond acceptors (Lipinski definition) is 4. The Bertz CT molecular complexity index is 373. The highest BCUT2D eigenvalue weighted by Crippen LogP contribution is 2.44. The summed E-state index contributed by atoms with van der Waals surface area (Å²) >= 11 is 0. The first kappa shape index (κ1) is 13.3. The molecule has 5 heteroatoms. The standard InChI is InChI=1S/C12H23NO3S/c1-9-6-11-8-12(7-9,13-11)10(2)16-4-5-17(3,14)15/h9-11,13H,4-8H2,1-3H3/t9?,10?,11-,12?/m1/s1. The van der Waals surface area contributed by atoms with Crippen molar-refractivity contribution in [3.05, 3.63) is 0 Å². The van der Waals surface area contributed by atoms with Crippen molar-refractivity contribution in [1.82, 2.24) is 5.32 Å². The van der Waals surface area contributed by atoms with Gasteiger partial charge in [0.15, 0.2) is 0 Å². The monoisotopic (exact) mass is 261 g/mol. The van der Waals surface area contributed by atoms with Crippen molar-refractivity contribution in [2.45, 2.75) is 50.8 Å². The Morgan fingerprint density at radius 1 is 1.47 bits per heavy atom. The molecule has 3 fully saturated rings. The number of sulfone groups is 1. The molecule has 100 valence electrons. The van der Waals surface area contributed by atoms with Crippen LogP contribution in [-0.4, -0.2) is 44.7 Å². The van der Waals surface area contributed by atoms with Gasteiger partial charge in [-0.1, -0.05) is 6.92 Å². The van der Waals surface area contributed by atoms with E-state index in [0.29, 0.717) is 12.6 Å². The summed E-state index contributed by atoms with van der Waals surface area (Å²) in [7, 11) is -2.91. The summed E-state index contributed by atoms with van der Waals surface area (Å²) in [6.07, 6.45) is 4.93. The molecule has 4 atom stereocenters. The number of ether oxygens (including phenoxy) is 1. The molecule has 4 nitrogen and oxygen atoms in total. The van der Waals surface area contributed by atoms with Gasteiger partial charge in [0.25, 0.3) is 0 Å². The Morgan fingerprint density at radius 2 is 2.12 bits per heavy atom. The SMILES string of the molecule is CC1C[C@@H]2CC(C(C)OCCS(C)(=O)=O)(C1)N2. The van der Waals surface area contributed by atoms with Gasteiger partial charge >= 0.3 is 0 Å². The van der Waals surface area contributed by atoms with Gasteiger partial charge in [-0.25, -0.2) is 8.42 Å². The van der Waals surface area contributed by atoms with Gasteiger partial charge in [-0.15, -0.1) is 0 Å². The number of nitrogens with one attached hydrogen (secondary N) is 1. The van der Waals surface area contributed by atoms with Crippen LogP contribution in [0, 0.1) is 5.92 Å².